The van der Waals surface area contributed by atoms with Crippen LogP contribution in [0, 0.1) is 5.41 Å². The maximum absolute atomic E-state index is 5.51. The van der Waals surface area contributed by atoms with Gasteiger partial charge in [0, 0.05) is 18.6 Å². The van der Waals surface area contributed by atoms with Gasteiger partial charge in [0.25, 0.3) is 0 Å². The van der Waals surface area contributed by atoms with E-state index < -0.39 is 0 Å². The Morgan fingerprint density at radius 1 is 1.27 bits per heavy atom. The fraction of sp³-hybridized carbons (Fsp3) is 1.00. The van der Waals surface area contributed by atoms with E-state index in [1.807, 2.05) is 0 Å². The van der Waals surface area contributed by atoms with Gasteiger partial charge in [-0.05, 0) is 6.32 Å². The Bertz CT molecular complexity index is 115. The van der Waals surface area contributed by atoms with Crippen LogP contribution >= 0.6 is 0 Å². The average molecular weight is 156 g/mol. The quantitative estimate of drug-likeness (QED) is 0.569. The molecule has 0 saturated carbocycles. The molecule has 0 N–H and O–H groups in total. The van der Waals surface area contributed by atoms with E-state index in [0.717, 1.165) is 26.0 Å². The molecule has 11 heavy (non-hydrogen) atoms. The lowest BCUT2D eigenvalue weighted by Crippen LogP contribution is -2.40. The van der Waals surface area contributed by atoms with E-state index in [1.165, 1.54) is 0 Å². The molecule has 0 unspecified atom stereocenters. The molecule has 0 amide bonds. The van der Waals surface area contributed by atoms with Gasteiger partial charge in [-0.3, -0.25) is 0 Å². The summed E-state index contributed by atoms with van der Waals surface area (Å²) in [5, 5.41) is 0. The van der Waals surface area contributed by atoms with Crippen molar-refractivity contribution in [2.75, 3.05) is 13.2 Å². The first kappa shape index (κ1) is 9.08. The molecule has 0 aromatic rings. The fourth-order valence-electron chi connectivity index (χ4n) is 1.13. The predicted octanol–water partition coefficient (Wildman–Crippen LogP) is 1.96. The van der Waals surface area contributed by atoms with Crippen molar-refractivity contribution in [2.45, 2.75) is 33.5 Å². The highest BCUT2D eigenvalue weighted by Gasteiger charge is 2.30. The van der Waals surface area contributed by atoms with Gasteiger partial charge in [-0.1, -0.05) is 27.2 Å². The predicted molar refractivity (Wildman–Crippen MR) is 46.5 cm³/mol. The van der Waals surface area contributed by atoms with E-state index in [1.54, 1.807) is 0 Å². The number of rotatable bonds is 2. The van der Waals surface area contributed by atoms with Crippen molar-refractivity contribution in [2.24, 2.45) is 5.41 Å². The second-order valence-electron chi connectivity index (χ2n) is 4.00. The monoisotopic (exact) mass is 156 g/mol. The molecule has 0 aromatic heterocycles. The zero-order valence-electron chi connectivity index (χ0n) is 7.72. The highest BCUT2D eigenvalue weighted by molar-refractivity contribution is 6.44. The Labute approximate surface area is 69.4 Å². The maximum atomic E-state index is 5.51. The van der Waals surface area contributed by atoms with Crippen LogP contribution < -0.4 is 0 Å². The van der Waals surface area contributed by atoms with Crippen molar-refractivity contribution in [3.05, 3.63) is 0 Å². The van der Waals surface area contributed by atoms with Crippen molar-refractivity contribution < 1.29 is 9.31 Å². The first-order valence-corrected chi connectivity index (χ1v) is 4.37. The Hall–Kier alpha value is -0.0151. The highest BCUT2D eigenvalue weighted by atomic mass is 16.6. The average Bonchev–Trinajstić information content (AvgIpc) is 1.94. The van der Waals surface area contributed by atoms with Gasteiger partial charge in [-0.15, -0.1) is 0 Å². The molecule has 0 aromatic carbocycles. The molecule has 1 rings (SSSR count). The largest absolute Gasteiger partial charge is 0.456 e. The number of hydrogen-bond donors (Lipinski definition) is 0. The Morgan fingerprint density at radius 3 is 2.27 bits per heavy atom. The van der Waals surface area contributed by atoms with E-state index in [0.29, 0.717) is 0 Å². The molecule has 2 nitrogen and oxygen atoms in total. The third-order valence-corrected chi connectivity index (χ3v) is 1.84. The molecule has 0 radical (unpaired) electrons. The zero-order valence-corrected chi connectivity index (χ0v) is 7.72. The fourth-order valence-corrected chi connectivity index (χ4v) is 1.13. The zero-order chi connectivity index (χ0) is 8.32. The molecule has 3 heteroatoms. The summed E-state index contributed by atoms with van der Waals surface area (Å²) in [6, 6.07) is 0. The van der Waals surface area contributed by atoms with Gasteiger partial charge in [-0.2, -0.15) is 0 Å². The van der Waals surface area contributed by atoms with E-state index in [4.69, 9.17) is 9.31 Å². The Kier molecular flexibility index (Phi) is 2.96. The normalized spacial score (nSPS) is 23.7. The molecule has 1 saturated heterocycles. The Balaban J connectivity index is 2.25. The lowest BCUT2D eigenvalue weighted by Gasteiger charge is -2.32. The van der Waals surface area contributed by atoms with Crippen molar-refractivity contribution in [3.8, 4) is 0 Å². The molecule has 1 aliphatic heterocycles. The van der Waals surface area contributed by atoms with Crippen LogP contribution in [0.15, 0.2) is 0 Å². The Morgan fingerprint density at radius 2 is 1.82 bits per heavy atom. The van der Waals surface area contributed by atoms with Crippen LogP contribution in [0.2, 0.25) is 6.32 Å². The van der Waals surface area contributed by atoms with Gasteiger partial charge in [0.1, 0.15) is 0 Å². The lowest BCUT2D eigenvalue weighted by atomic mass is 9.79. The minimum absolute atomic E-state index is 0.0630. The standard InChI is InChI=1S/C8H17BO2/c1-4-5-9-10-6-8(2,3)7-11-9/h4-7H2,1-3H3. The summed E-state index contributed by atoms with van der Waals surface area (Å²) in [5.74, 6) is 0. The molecular weight excluding hydrogens is 139 g/mol. The van der Waals surface area contributed by atoms with Crippen LogP contribution in [0.1, 0.15) is 27.2 Å². The summed E-state index contributed by atoms with van der Waals surface area (Å²) in [6.45, 7) is 8.13. The lowest BCUT2D eigenvalue weighted by molar-refractivity contribution is 0.0282. The summed E-state index contributed by atoms with van der Waals surface area (Å²) in [6.07, 6.45) is 2.15. The van der Waals surface area contributed by atoms with Crippen molar-refractivity contribution in [3.63, 3.8) is 0 Å². The van der Waals surface area contributed by atoms with Crippen LogP contribution in [0.25, 0.3) is 0 Å². The second kappa shape index (κ2) is 3.59. The SMILES string of the molecule is CCCB1OCC(C)(C)CO1. The first-order chi connectivity index (χ1) is 5.14. The minimum atomic E-state index is 0.0630. The van der Waals surface area contributed by atoms with Crippen LogP contribution in [-0.4, -0.2) is 20.3 Å². The van der Waals surface area contributed by atoms with E-state index >= 15 is 0 Å². The van der Waals surface area contributed by atoms with E-state index in [-0.39, 0.29) is 12.5 Å². The van der Waals surface area contributed by atoms with Crippen LogP contribution in [0.4, 0.5) is 0 Å². The van der Waals surface area contributed by atoms with E-state index in [9.17, 15) is 0 Å². The van der Waals surface area contributed by atoms with Gasteiger partial charge in [0.2, 0.25) is 0 Å². The van der Waals surface area contributed by atoms with Gasteiger partial charge in [-0.25, -0.2) is 0 Å². The van der Waals surface area contributed by atoms with Gasteiger partial charge in [0.15, 0.2) is 0 Å². The van der Waals surface area contributed by atoms with Crippen molar-refractivity contribution in [1.29, 1.82) is 0 Å². The molecule has 0 spiro atoms. The summed E-state index contributed by atoms with van der Waals surface area (Å²) in [4.78, 5) is 0. The maximum Gasteiger partial charge on any atom is 0.456 e. The van der Waals surface area contributed by atoms with Crippen molar-refractivity contribution in [1.82, 2.24) is 0 Å². The molecule has 0 atom stereocenters. The second-order valence-corrected chi connectivity index (χ2v) is 4.00. The van der Waals surface area contributed by atoms with Gasteiger partial charge >= 0.3 is 7.12 Å². The van der Waals surface area contributed by atoms with Crippen LogP contribution in [0.3, 0.4) is 0 Å². The first-order valence-electron chi connectivity index (χ1n) is 4.37. The minimum Gasteiger partial charge on any atom is -0.410 e. The van der Waals surface area contributed by atoms with Crippen LogP contribution in [0.5, 0.6) is 0 Å². The third kappa shape index (κ3) is 2.84. The summed E-state index contributed by atoms with van der Waals surface area (Å²) in [7, 11) is 0.0630. The highest BCUT2D eigenvalue weighted by Crippen LogP contribution is 2.22. The van der Waals surface area contributed by atoms with Crippen LogP contribution in [-0.2, 0) is 9.31 Å². The van der Waals surface area contributed by atoms with Crippen molar-refractivity contribution >= 4 is 7.12 Å². The molecule has 0 bridgehead atoms. The molecule has 64 valence electrons. The van der Waals surface area contributed by atoms with Gasteiger partial charge in [0.05, 0.1) is 0 Å². The summed E-state index contributed by atoms with van der Waals surface area (Å²) >= 11 is 0. The number of hydrogen-bond acceptors (Lipinski definition) is 2. The van der Waals surface area contributed by atoms with Gasteiger partial charge < -0.3 is 9.31 Å². The summed E-state index contributed by atoms with van der Waals surface area (Å²) in [5.41, 5.74) is 0.213. The summed E-state index contributed by atoms with van der Waals surface area (Å²) < 4.78 is 11.0. The molecule has 0 aliphatic carbocycles. The third-order valence-electron chi connectivity index (χ3n) is 1.84. The molecule has 1 aliphatic rings. The smallest absolute Gasteiger partial charge is 0.410 e. The molecule has 1 fully saturated rings. The van der Waals surface area contributed by atoms with E-state index in [2.05, 4.69) is 20.8 Å². The molecular formula is C8H17BO2. The topological polar surface area (TPSA) is 18.5 Å². The molecule has 1 heterocycles.